The zero-order valence-electron chi connectivity index (χ0n) is 12.6. The number of nitrogens with zero attached hydrogens (tertiary/aromatic N) is 1. The number of hydrogen-bond acceptors (Lipinski definition) is 4. The number of hydrogen-bond donors (Lipinski definition) is 1. The van der Waals surface area contributed by atoms with Gasteiger partial charge in [-0.25, -0.2) is 4.98 Å². The van der Waals surface area contributed by atoms with Crippen LogP contribution in [-0.4, -0.2) is 11.0 Å². The van der Waals surface area contributed by atoms with Crippen molar-refractivity contribution in [1.29, 1.82) is 0 Å². The molecular formula is C16H21ClN2OS. The predicted octanol–water partition coefficient (Wildman–Crippen LogP) is 4.27. The summed E-state index contributed by atoms with van der Waals surface area (Å²) < 4.78 is 5.93. The molecule has 0 aliphatic rings. The van der Waals surface area contributed by atoms with Gasteiger partial charge in [-0.3, -0.25) is 0 Å². The van der Waals surface area contributed by atoms with Gasteiger partial charge in [-0.05, 0) is 38.8 Å². The van der Waals surface area contributed by atoms with Crippen LogP contribution >= 0.6 is 22.9 Å². The number of rotatable bonds is 6. The Morgan fingerprint density at radius 3 is 2.76 bits per heavy atom. The highest BCUT2D eigenvalue weighted by Crippen LogP contribution is 2.29. The summed E-state index contributed by atoms with van der Waals surface area (Å²) in [5, 5.41) is 1.69. The number of aromatic nitrogens is 1. The molecule has 1 aromatic heterocycles. The Bertz CT molecular complexity index is 593. The minimum atomic E-state index is 0.0941. The topological polar surface area (TPSA) is 48.1 Å². The van der Waals surface area contributed by atoms with Crippen LogP contribution in [0.1, 0.15) is 34.5 Å². The first-order valence-electron chi connectivity index (χ1n) is 7.10. The maximum absolute atomic E-state index is 6.29. The van der Waals surface area contributed by atoms with Crippen LogP contribution in [0.3, 0.4) is 0 Å². The normalized spacial score (nSPS) is 12.4. The van der Waals surface area contributed by atoms with Gasteiger partial charge in [0.2, 0.25) is 0 Å². The smallest absolute Gasteiger partial charge is 0.140 e. The summed E-state index contributed by atoms with van der Waals surface area (Å²) in [6.45, 7) is 6.62. The fraction of sp³-hybridized carbons (Fsp3) is 0.438. The van der Waals surface area contributed by atoms with Crippen LogP contribution in [0.5, 0.6) is 5.75 Å². The summed E-state index contributed by atoms with van der Waals surface area (Å²) in [7, 11) is 0. The van der Waals surface area contributed by atoms with Gasteiger partial charge in [0.15, 0.2) is 0 Å². The molecule has 2 aromatic rings. The number of ether oxygens (including phenoxy) is 1. The van der Waals surface area contributed by atoms with Crippen molar-refractivity contribution >= 4 is 22.9 Å². The first kappa shape index (κ1) is 16.3. The summed E-state index contributed by atoms with van der Waals surface area (Å²) in [6, 6.07) is 5.81. The molecule has 0 spiro atoms. The Hall–Kier alpha value is -1.10. The quantitative estimate of drug-likeness (QED) is 0.863. The molecule has 0 amide bonds. The van der Waals surface area contributed by atoms with Crippen molar-refractivity contribution in [2.75, 3.05) is 0 Å². The van der Waals surface area contributed by atoms with Crippen LogP contribution in [-0.2, 0) is 13.0 Å². The Labute approximate surface area is 135 Å². The molecule has 0 fully saturated rings. The van der Waals surface area contributed by atoms with E-state index in [0.29, 0.717) is 11.6 Å². The summed E-state index contributed by atoms with van der Waals surface area (Å²) in [4.78, 5) is 5.72. The molecule has 0 radical (unpaired) electrons. The van der Waals surface area contributed by atoms with Crippen LogP contribution in [0.2, 0.25) is 5.02 Å². The molecule has 3 nitrogen and oxygen atoms in total. The van der Waals surface area contributed by atoms with Gasteiger partial charge in [-0.2, -0.15) is 0 Å². The second-order valence-electron chi connectivity index (χ2n) is 5.13. The second-order valence-corrected chi connectivity index (χ2v) is 6.82. The fourth-order valence-electron chi connectivity index (χ4n) is 2.02. The minimum absolute atomic E-state index is 0.0941. The highest BCUT2D eigenvalue weighted by atomic mass is 35.5. The molecule has 114 valence electrons. The number of aryl methyl sites for hydroxylation is 2. The standard InChI is InChI=1S/C16H21ClN2OS/c1-4-12(18)8-13-14(17)6-5-7-15(13)20-9-16-19-10(2)11(3)21-16/h5-7,12H,4,8-9,18H2,1-3H3. The number of halogens is 1. The number of thiazole rings is 1. The largest absolute Gasteiger partial charge is 0.486 e. The predicted molar refractivity (Wildman–Crippen MR) is 89.3 cm³/mol. The van der Waals surface area contributed by atoms with Crippen molar-refractivity contribution in [2.24, 2.45) is 5.73 Å². The molecule has 21 heavy (non-hydrogen) atoms. The van der Waals surface area contributed by atoms with E-state index in [1.807, 2.05) is 25.1 Å². The lowest BCUT2D eigenvalue weighted by molar-refractivity contribution is 0.301. The van der Waals surface area contributed by atoms with Gasteiger partial charge in [-0.15, -0.1) is 11.3 Å². The zero-order chi connectivity index (χ0) is 15.4. The average Bonchev–Trinajstić information content (AvgIpc) is 2.78. The molecule has 0 bridgehead atoms. The van der Waals surface area contributed by atoms with E-state index in [9.17, 15) is 0 Å². The van der Waals surface area contributed by atoms with Gasteiger partial charge in [0, 0.05) is 21.5 Å². The zero-order valence-corrected chi connectivity index (χ0v) is 14.2. The van der Waals surface area contributed by atoms with Crippen LogP contribution in [0.25, 0.3) is 0 Å². The van der Waals surface area contributed by atoms with E-state index in [0.717, 1.165) is 34.9 Å². The molecule has 2 N–H and O–H groups in total. The van der Waals surface area contributed by atoms with Crippen molar-refractivity contribution in [3.63, 3.8) is 0 Å². The number of benzene rings is 1. The van der Waals surface area contributed by atoms with Crippen LogP contribution in [0.15, 0.2) is 18.2 Å². The lowest BCUT2D eigenvalue weighted by Crippen LogP contribution is -2.22. The van der Waals surface area contributed by atoms with Gasteiger partial charge in [0.05, 0.1) is 5.69 Å². The molecule has 0 saturated heterocycles. The molecule has 1 heterocycles. The SMILES string of the molecule is CCC(N)Cc1c(Cl)cccc1OCc1nc(C)c(C)s1. The van der Waals surface area contributed by atoms with Crippen LogP contribution in [0, 0.1) is 13.8 Å². The van der Waals surface area contributed by atoms with E-state index in [1.54, 1.807) is 11.3 Å². The van der Waals surface area contributed by atoms with E-state index >= 15 is 0 Å². The van der Waals surface area contributed by atoms with Crippen LogP contribution in [0.4, 0.5) is 0 Å². The minimum Gasteiger partial charge on any atom is -0.486 e. The van der Waals surface area contributed by atoms with Gasteiger partial charge in [0.25, 0.3) is 0 Å². The van der Waals surface area contributed by atoms with Crippen molar-refractivity contribution in [1.82, 2.24) is 4.98 Å². The Kier molecular flexibility index (Phi) is 5.62. The lowest BCUT2D eigenvalue weighted by Gasteiger charge is -2.15. The molecule has 5 heteroatoms. The molecule has 1 atom stereocenters. The highest BCUT2D eigenvalue weighted by Gasteiger charge is 2.13. The maximum Gasteiger partial charge on any atom is 0.140 e. The molecule has 1 unspecified atom stereocenters. The Morgan fingerprint density at radius 1 is 1.38 bits per heavy atom. The Balaban J connectivity index is 2.13. The third-order valence-corrected chi connectivity index (χ3v) is 4.89. The third-order valence-electron chi connectivity index (χ3n) is 3.49. The lowest BCUT2D eigenvalue weighted by atomic mass is 10.0. The van der Waals surface area contributed by atoms with Crippen molar-refractivity contribution in [3.8, 4) is 5.75 Å². The van der Waals surface area contributed by atoms with Gasteiger partial charge < -0.3 is 10.5 Å². The van der Waals surface area contributed by atoms with Gasteiger partial charge >= 0.3 is 0 Å². The molecule has 0 saturated carbocycles. The summed E-state index contributed by atoms with van der Waals surface area (Å²) in [6.07, 6.45) is 1.64. The molecule has 2 rings (SSSR count). The number of nitrogens with two attached hydrogens (primary N) is 1. The van der Waals surface area contributed by atoms with Gasteiger partial charge in [-0.1, -0.05) is 24.6 Å². The maximum atomic E-state index is 6.29. The van der Waals surface area contributed by atoms with E-state index in [4.69, 9.17) is 22.1 Å². The first-order valence-corrected chi connectivity index (χ1v) is 8.29. The molecule has 1 aromatic carbocycles. The van der Waals surface area contributed by atoms with Crippen molar-refractivity contribution in [3.05, 3.63) is 44.4 Å². The Morgan fingerprint density at radius 2 is 2.14 bits per heavy atom. The van der Waals surface area contributed by atoms with E-state index in [1.165, 1.54) is 4.88 Å². The van der Waals surface area contributed by atoms with E-state index in [-0.39, 0.29) is 6.04 Å². The fourth-order valence-corrected chi connectivity index (χ4v) is 3.11. The van der Waals surface area contributed by atoms with E-state index in [2.05, 4.69) is 18.8 Å². The first-order chi connectivity index (χ1) is 10.0. The second kappa shape index (κ2) is 7.25. The monoisotopic (exact) mass is 324 g/mol. The van der Waals surface area contributed by atoms with E-state index < -0.39 is 0 Å². The van der Waals surface area contributed by atoms with Crippen molar-refractivity contribution < 1.29 is 4.74 Å². The average molecular weight is 325 g/mol. The summed E-state index contributed by atoms with van der Waals surface area (Å²) in [5.41, 5.74) is 8.10. The van der Waals surface area contributed by atoms with Crippen LogP contribution < -0.4 is 10.5 Å². The highest BCUT2D eigenvalue weighted by molar-refractivity contribution is 7.11. The van der Waals surface area contributed by atoms with Gasteiger partial charge in [0.1, 0.15) is 17.4 Å². The molecule has 0 aliphatic carbocycles. The van der Waals surface area contributed by atoms with Crippen molar-refractivity contribution in [2.45, 2.75) is 46.3 Å². The third kappa shape index (κ3) is 4.19. The molecular weight excluding hydrogens is 304 g/mol. The summed E-state index contributed by atoms with van der Waals surface area (Å²) >= 11 is 7.96. The molecule has 0 aliphatic heterocycles. The summed E-state index contributed by atoms with van der Waals surface area (Å²) in [5.74, 6) is 0.803.